The van der Waals surface area contributed by atoms with Gasteiger partial charge in [0.2, 0.25) is 4.96 Å². The molecule has 3 heterocycles. The molecule has 1 unspecified atom stereocenters. The molecule has 0 saturated carbocycles. The number of hydrogen-bond acceptors (Lipinski definition) is 6. The number of nitrogens with zero attached hydrogens (tertiary/aromatic N) is 3. The van der Waals surface area contributed by atoms with E-state index in [4.69, 9.17) is 9.15 Å². The summed E-state index contributed by atoms with van der Waals surface area (Å²) in [7, 11) is 1.59. The average molecular weight is 335 g/mol. The third-order valence-corrected chi connectivity index (χ3v) is 4.85. The van der Waals surface area contributed by atoms with Crippen LogP contribution >= 0.6 is 11.3 Å². The van der Waals surface area contributed by atoms with Crippen molar-refractivity contribution in [2.75, 3.05) is 7.11 Å². The summed E-state index contributed by atoms with van der Waals surface area (Å²) in [5, 5.41) is 14.6. The molecule has 8 heteroatoms. The molecule has 0 spiro atoms. The van der Waals surface area contributed by atoms with Crippen molar-refractivity contribution in [3.8, 4) is 11.5 Å². The maximum Gasteiger partial charge on any atom is 0.212 e. The molecule has 3 aromatic heterocycles. The van der Waals surface area contributed by atoms with Crippen molar-refractivity contribution < 1.29 is 18.7 Å². The number of ether oxygens (including phenoxy) is 1. The Morgan fingerprint density at radius 3 is 3.09 bits per heavy atom. The van der Waals surface area contributed by atoms with Gasteiger partial charge in [-0.15, -0.1) is 0 Å². The fraction of sp³-hybridized carbons (Fsp3) is 0.333. The monoisotopic (exact) mass is 335 g/mol. The van der Waals surface area contributed by atoms with Gasteiger partial charge in [-0.05, 0) is 19.1 Å². The predicted molar refractivity (Wildman–Crippen MR) is 83.2 cm³/mol. The fourth-order valence-electron chi connectivity index (χ4n) is 2.58. The standard InChI is InChI=1S/C15H14FN3O3S/c1-7(16)14-18-19-6-10(17-15(19)23-14)13-5-9-11(20)3-8(21-2)4-12(9)22-13/h3,5-8,20H,4H2,1-2H3/t7-,8?/m0/s1. The molecular formula is C15H14FN3O3S. The maximum atomic E-state index is 13.3. The Kier molecular flexibility index (Phi) is 3.24. The molecule has 0 aromatic carbocycles. The van der Waals surface area contributed by atoms with Crippen molar-refractivity contribution >= 4 is 22.1 Å². The summed E-state index contributed by atoms with van der Waals surface area (Å²) in [5.74, 6) is 1.34. The van der Waals surface area contributed by atoms with E-state index in [1.54, 1.807) is 30.0 Å². The van der Waals surface area contributed by atoms with Crippen LogP contribution in [-0.2, 0) is 11.2 Å². The first-order valence-corrected chi connectivity index (χ1v) is 7.94. The summed E-state index contributed by atoms with van der Waals surface area (Å²) < 4.78 is 25.9. The van der Waals surface area contributed by atoms with Crippen LogP contribution in [0.25, 0.3) is 22.2 Å². The number of aliphatic hydroxyl groups is 1. The SMILES string of the molecule is COC1C=C(O)c2cc(-c3cn4nc([C@H](C)F)sc4n3)oc2C1. The van der Waals surface area contributed by atoms with Crippen molar-refractivity contribution in [1.82, 2.24) is 14.6 Å². The third kappa shape index (κ3) is 2.34. The molecule has 1 N–H and O–H groups in total. The highest BCUT2D eigenvalue weighted by Gasteiger charge is 2.25. The predicted octanol–water partition coefficient (Wildman–Crippen LogP) is 3.55. The molecule has 0 bridgehead atoms. The van der Waals surface area contributed by atoms with Gasteiger partial charge in [-0.25, -0.2) is 13.9 Å². The summed E-state index contributed by atoms with van der Waals surface area (Å²) in [4.78, 5) is 5.02. The van der Waals surface area contributed by atoms with Gasteiger partial charge in [0.05, 0.1) is 17.9 Å². The molecule has 23 heavy (non-hydrogen) atoms. The number of alkyl halides is 1. The number of methoxy groups -OCH3 is 1. The van der Waals surface area contributed by atoms with Gasteiger partial charge in [-0.2, -0.15) is 5.10 Å². The zero-order chi connectivity index (χ0) is 16.1. The highest BCUT2D eigenvalue weighted by atomic mass is 32.1. The lowest BCUT2D eigenvalue weighted by Gasteiger charge is -2.15. The maximum absolute atomic E-state index is 13.3. The lowest BCUT2D eigenvalue weighted by atomic mass is 10.0. The zero-order valence-corrected chi connectivity index (χ0v) is 13.3. The Morgan fingerprint density at radius 2 is 2.39 bits per heavy atom. The number of furan rings is 1. The Labute approximate surface area is 134 Å². The van der Waals surface area contributed by atoms with Crippen molar-refractivity contribution in [3.05, 3.63) is 34.7 Å². The second kappa shape index (κ2) is 5.17. The first kappa shape index (κ1) is 14.4. The highest BCUT2D eigenvalue weighted by molar-refractivity contribution is 7.16. The quantitative estimate of drug-likeness (QED) is 0.792. The van der Waals surface area contributed by atoms with E-state index in [9.17, 15) is 9.50 Å². The molecule has 0 aliphatic heterocycles. The molecule has 1 aliphatic rings. The molecule has 4 rings (SSSR count). The van der Waals surface area contributed by atoms with Crippen LogP contribution in [0.5, 0.6) is 0 Å². The lowest BCUT2D eigenvalue weighted by molar-refractivity contribution is 0.133. The van der Waals surface area contributed by atoms with E-state index in [-0.39, 0.29) is 11.9 Å². The van der Waals surface area contributed by atoms with Crippen LogP contribution in [-0.4, -0.2) is 32.9 Å². The number of aromatic nitrogens is 3. The number of fused-ring (bicyclic) bond motifs is 2. The molecule has 3 aromatic rings. The molecule has 0 amide bonds. The Hall–Kier alpha value is -2.19. The molecule has 120 valence electrons. The summed E-state index contributed by atoms with van der Waals surface area (Å²) >= 11 is 1.20. The van der Waals surface area contributed by atoms with E-state index < -0.39 is 6.17 Å². The number of rotatable bonds is 3. The molecule has 0 fully saturated rings. The van der Waals surface area contributed by atoms with Gasteiger partial charge in [0.1, 0.15) is 17.2 Å². The third-order valence-electron chi connectivity index (χ3n) is 3.77. The molecule has 0 saturated heterocycles. The molecule has 1 aliphatic carbocycles. The van der Waals surface area contributed by atoms with Crippen molar-refractivity contribution in [1.29, 1.82) is 0 Å². The van der Waals surface area contributed by atoms with Gasteiger partial charge >= 0.3 is 0 Å². The van der Waals surface area contributed by atoms with E-state index in [1.165, 1.54) is 18.3 Å². The van der Waals surface area contributed by atoms with Crippen LogP contribution < -0.4 is 0 Å². The minimum atomic E-state index is -1.12. The number of aliphatic hydroxyl groups excluding tert-OH is 1. The number of halogens is 1. The first-order valence-electron chi connectivity index (χ1n) is 7.12. The van der Waals surface area contributed by atoms with Crippen LogP contribution in [0.4, 0.5) is 4.39 Å². The van der Waals surface area contributed by atoms with Crippen LogP contribution in [0.3, 0.4) is 0 Å². The minimum Gasteiger partial charge on any atom is -0.507 e. The second-order valence-electron chi connectivity index (χ2n) is 5.39. The van der Waals surface area contributed by atoms with Crippen LogP contribution in [0.2, 0.25) is 0 Å². The summed E-state index contributed by atoms with van der Waals surface area (Å²) in [6.07, 6.45) is 2.58. The molecule has 2 atom stereocenters. The highest BCUT2D eigenvalue weighted by Crippen LogP contribution is 2.34. The van der Waals surface area contributed by atoms with Gasteiger partial charge in [0, 0.05) is 13.5 Å². The zero-order valence-electron chi connectivity index (χ0n) is 12.5. The Morgan fingerprint density at radius 1 is 1.57 bits per heavy atom. The molecule has 6 nitrogen and oxygen atoms in total. The topological polar surface area (TPSA) is 72.8 Å². The number of hydrogen-bond donors (Lipinski definition) is 1. The van der Waals surface area contributed by atoms with Gasteiger partial charge in [0.15, 0.2) is 16.9 Å². The smallest absolute Gasteiger partial charge is 0.212 e. The Balaban J connectivity index is 1.72. The van der Waals surface area contributed by atoms with E-state index in [2.05, 4.69) is 10.1 Å². The van der Waals surface area contributed by atoms with E-state index in [0.717, 1.165) is 0 Å². The fourth-order valence-corrected chi connectivity index (χ4v) is 3.39. The number of imidazole rings is 1. The van der Waals surface area contributed by atoms with Crippen LogP contribution in [0.15, 0.2) is 22.8 Å². The van der Waals surface area contributed by atoms with Gasteiger partial charge in [-0.1, -0.05) is 11.3 Å². The van der Waals surface area contributed by atoms with Crippen molar-refractivity contribution in [2.45, 2.75) is 25.6 Å². The van der Waals surface area contributed by atoms with E-state index in [0.29, 0.717) is 39.2 Å². The van der Waals surface area contributed by atoms with E-state index in [1.807, 2.05) is 0 Å². The minimum absolute atomic E-state index is 0.140. The van der Waals surface area contributed by atoms with E-state index >= 15 is 0 Å². The first-order chi connectivity index (χ1) is 11.0. The second-order valence-corrected chi connectivity index (χ2v) is 6.37. The van der Waals surface area contributed by atoms with Gasteiger partial charge in [-0.3, -0.25) is 0 Å². The summed E-state index contributed by atoms with van der Waals surface area (Å²) in [5.41, 5.74) is 1.24. The molecular weight excluding hydrogens is 321 g/mol. The van der Waals surface area contributed by atoms with Crippen molar-refractivity contribution in [3.63, 3.8) is 0 Å². The summed E-state index contributed by atoms with van der Waals surface area (Å²) in [6.45, 7) is 1.45. The largest absolute Gasteiger partial charge is 0.507 e. The Bertz CT molecular complexity index is 877. The lowest BCUT2D eigenvalue weighted by Crippen LogP contribution is -2.15. The van der Waals surface area contributed by atoms with Gasteiger partial charge < -0.3 is 14.3 Å². The summed E-state index contributed by atoms with van der Waals surface area (Å²) in [6, 6.07) is 1.75. The van der Waals surface area contributed by atoms with Crippen LogP contribution in [0.1, 0.15) is 29.4 Å². The van der Waals surface area contributed by atoms with Crippen molar-refractivity contribution in [2.24, 2.45) is 0 Å². The molecule has 0 radical (unpaired) electrons. The average Bonchev–Trinajstić information content (AvgIpc) is 3.18. The normalized spacial score (nSPS) is 18.9. The van der Waals surface area contributed by atoms with Crippen LogP contribution in [0, 0.1) is 0 Å². The van der Waals surface area contributed by atoms with Gasteiger partial charge in [0.25, 0.3) is 0 Å².